The van der Waals surface area contributed by atoms with Gasteiger partial charge in [-0.25, -0.2) is 0 Å². The molecule has 11 aromatic rings. The van der Waals surface area contributed by atoms with Gasteiger partial charge in [-0.2, -0.15) is 0 Å². The van der Waals surface area contributed by atoms with Gasteiger partial charge in [0.25, 0.3) is 0 Å². The summed E-state index contributed by atoms with van der Waals surface area (Å²) >= 11 is 0. The zero-order chi connectivity index (χ0) is 43.5. The number of benzene rings is 10. The van der Waals surface area contributed by atoms with Crippen molar-refractivity contribution in [3.63, 3.8) is 0 Å². The first kappa shape index (κ1) is 38.5. The summed E-state index contributed by atoms with van der Waals surface area (Å²) in [5.74, 6) is 0. The lowest BCUT2D eigenvalue weighted by atomic mass is 9.82. The zero-order valence-electron chi connectivity index (χ0n) is 36.5. The van der Waals surface area contributed by atoms with E-state index in [1.807, 2.05) is 0 Å². The van der Waals surface area contributed by atoms with Crippen LogP contribution in [0.25, 0.3) is 83.1 Å². The first-order valence-corrected chi connectivity index (χ1v) is 22.6. The van der Waals surface area contributed by atoms with Crippen LogP contribution in [0, 0.1) is 0 Å². The van der Waals surface area contributed by atoms with Crippen LogP contribution in [0.1, 0.15) is 25.0 Å². The molecule has 0 bridgehead atoms. The van der Waals surface area contributed by atoms with Crippen LogP contribution in [0.15, 0.2) is 243 Å². The Balaban J connectivity index is 0.937. The van der Waals surface area contributed by atoms with Crippen molar-refractivity contribution in [2.24, 2.45) is 0 Å². The van der Waals surface area contributed by atoms with Gasteiger partial charge in [-0.15, -0.1) is 0 Å². The molecule has 1 aromatic heterocycles. The van der Waals surface area contributed by atoms with Crippen molar-refractivity contribution in [3.8, 4) is 61.3 Å². The molecule has 2 heteroatoms. The lowest BCUT2D eigenvalue weighted by Gasteiger charge is -2.26. The number of hydrogen-bond acceptors (Lipinski definition) is 1. The van der Waals surface area contributed by atoms with Gasteiger partial charge in [0.1, 0.15) is 0 Å². The molecule has 65 heavy (non-hydrogen) atoms. The quantitative estimate of drug-likeness (QED) is 0.148. The molecule has 0 fully saturated rings. The standard InChI is InChI=1S/C63H46N2/c1-63(2)59-25-11-9-21-55(59)58-42-49(33-40-60(58)63)54-23-14-24-57-56-22-10-12-26-61(56)65(62(54)57)53-20-13-19-48(41-53)47-31-38-52(39-32-47)64(50-34-27-45(28-35-50)43-15-5-3-6-16-43)51-36-29-46(30-37-51)44-17-7-4-8-18-44/h3-42H,1-2H3. The molecule has 1 heterocycles. The van der Waals surface area contributed by atoms with E-state index in [-0.39, 0.29) is 5.41 Å². The highest BCUT2D eigenvalue weighted by molar-refractivity contribution is 6.14. The maximum Gasteiger partial charge on any atom is 0.0619 e. The van der Waals surface area contributed by atoms with Gasteiger partial charge in [0, 0.05) is 44.5 Å². The highest BCUT2D eigenvalue weighted by Gasteiger charge is 2.35. The summed E-state index contributed by atoms with van der Waals surface area (Å²) in [6, 6.07) is 88.7. The van der Waals surface area contributed by atoms with E-state index < -0.39 is 0 Å². The molecule has 12 rings (SSSR count). The Kier molecular flexibility index (Phi) is 9.21. The van der Waals surface area contributed by atoms with E-state index in [1.165, 1.54) is 83.0 Å². The van der Waals surface area contributed by atoms with Gasteiger partial charge < -0.3 is 9.47 Å². The lowest BCUT2D eigenvalue weighted by molar-refractivity contribution is 0.660. The largest absolute Gasteiger partial charge is 0.311 e. The minimum Gasteiger partial charge on any atom is -0.311 e. The third-order valence-corrected chi connectivity index (χ3v) is 13.6. The fourth-order valence-electron chi connectivity index (χ4n) is 10.3. The van der Waals surface area contributed by atoms with Gasteiger partial charge in [-0.3, -0.25) is 0 Å². The number of para-hydroxylation sites is 2. The van der Waals surface area contributed by atoms with Crippen LogP contribution in [-0.4, -0.2) is 4.57 Å². The Morgan fingerprint density at radius 1 is 0.323 bits per heavy atom. The summed E-state index contributed by atoms with van der Waals surface area (Å²) in [5.41, 5.74) is 21.9. The second-order valence-electron chi connectivity index (χ2n) is 17.7. The van der Waals surface area contributed by atoms with Crippen molar-refractivity contribution in [2.75, 3.05) is 4.90 Å². The van der Waals surface area contributed by atoms with Crippen molar-refractivity contribution in [2.45, 2.75) is 19.3 Å². The normalized spacial score (nSPS) is 12.6. The topological polar surface area (TPSA) is 8.17 Å². The first-order chi connectivity index (χ1) is 32.0. The second-order valence-corrected chi connectivity index (χ2v) is 17.7. The molecule has 0 aliphatic heterocycles. The molecular weight excluding hydrogens is 785 g/mol. The van der Waals surface area contributed by atoms with Gasteiger partial charge in [0.2, 0.25) is 0 Å². The predicted molar refractivity (Wildman–Crippen MR) is 275 cm³/mol. The number of fused-ring (bicyclic) bond motifs is 6. The van der Waals surface area contributed by atoms with Crippen molar-refractivity contribution >= 4 is 38.9 Å². The van der Waals surface area contributed by atoms with E-state index in [1.54, 1.807) is 0 Å². The number of nitrogens with zero attached hydrogens (tertiary/aromatic N) is 2. The lowest BCUT2D eigenvalue weighted by Crippen LogP contribution is -2.14. The van der Waals surface area contributed by atoms with Crippen molar-refractivity contribution in [1.82, 2.24) is 4.57 Å². The molecule has 10 aromatic carbocycles. The fourth-order valence-corrected chi connectivity index (χ4v) is 10.3. The third kappa shape index (κ3) is 6.57. The highest BCUT2D eigenvalue weighted by Crippen LogP contribution is 2.50. The first-order valence-electron chi connectivity index (χ1n) is 22.6. The zero-order valence-corrected chi connectivity index (χ0v) is 36.5. The van der Waals surface area contributed by atoms with Gasteiger partial charge in [0.05, 0.1) is 11.0 Å². The van der Waals surface area contributed by atoms with Crippen LogP contribution in [0.3, 0.4) is 0 Å². The minimum atomic E-state index is -0.0371. The highest BCUT2D eigenvalue weighted by atomic mass is 15.1. The maximum atomic E-state index is 2.48. The van der Waals surface area contributed by atoms with Crippen LogP contribution in [0.4, 0.5) is 17.1 Å². The van der Waals surface area contributed by atoms with Crippen LogP contribution >= 0.6 is 0 Å². The monoisotopic (exact) mass is 830 g/mol. The number of rotatable bonds is 8. The van der Waals surface area contributed by atoms with E-state index in [2.05, 4.69) is 266 Å². The van der Waals surface area contributed by atoms with E-state index in [9.17, 15) is 0 Å². The van der Waals surface area contributed by atoms with Crippen LogP contribution < -0.4 is 4.90 Å². The Morgan fingerprint density at radius 2 is 0.785 bits per heavy atom. The molecule has 2 nitrogen and oxygen atoms in total. The van der Waals surface area contributed by atoms with Crippen molar-refractivity contribution in [1.29, 1.82) is 0 Å². The molecule has 0 saturated carbocycles. The Labute approximate surface area is 381 Å². The predicted octanol–water partition coefficient (Wildman–Crippen LogP) is 17.2. The summed E-state index contributed by atoms with van der Waals surface area (Å²) in [5, 5.41) is 2.50. The summed E-state index contributed by atoms with van der Waals surface area (Å²) < 4.78 is 2.48. The van der Waals surface area contributed by atoms with Crippen molar-refractivity contribution < 1.29 is 0 Å². The van der Waals surface area contributed by atoms with Gasteiger partial charge in [-0.1, -0.05) is 196 Å². The molecule has 0 amide bonds. The summed E-state index contributed by atoms with van der Waals surface area (Å²) in [6.45, 7) is 4.70. The third-order valence-electron chi connectivity index (χ3n) is 13.6. The number of anilines is 3. The van der Waals surface area contributed by atoms with E-state index >= 15 is 0 Å². The average Bonchev–Trinajstić information content (AvgIpc) is 3.83. The Hall–Kier alpha value is -8.20. The van der Waals surface area contributed by atoms with E-state index in [0.717, 1.165) is 28.3 Å². The molecule has 1 aliphatic rings. The molecule has 0 atom stereocenters. The molecule has 1 aliphatic carbocycles. The van der Waals surface area contributed by atoms with Gasteiger partial charge in [-0.05, 0) is 122 Å². The number of hydrogen-bond donors (Lipinski definition) is 0. The Bertz CT molecular complexity index is 3440. The molecule has 0 N–H and O–H groups in total. The summed E-state index contributed by atoms with van der Waals surface area (Å²) in [7, 11) is 0. The fraction of sp³-hybridized carbons (Fsp3) is 0.0476. The van der Waals surface area contributed by atoms with Gasteiger partial charge >= 0.3 is 0 Å². The average molecular weight is 831 g/mol. The summed E-state index contributed by atoms with van der Waals surface area (Å²) in [4.78, 5) is 2.35. The van der Waals surface area contributed by atoms with E-state index in [0.29, 0.717) is 0 Å². The van der Waals surface area contributed by atoms with Gasteiger partial charge in [0.15, 0.2) is 0 Å². The van der Waals surface area contributed by atoms with Crippen LogP contribution in [0.2, 0.25) is 0 Å². The maximum absolute atomic E-state index is 2.48. The smallest absolute Gasteiger partial charge is 0.0619 e. The molecule has 308 valence electrons. The van der Waals surface area contributed by atoms with E-state index in [4.69, 9.17) is 0 Å². The SMILES string of the molecule is CC1(C)c2ccccc2-c2cc(-c3cccc4c5ccccc5n(-c5cccc(-c6ccc(N(c7ccc(-c8ccccc8)cc7)c7ccc(-c8ccccc8)cc7)cc6)c5)c34)ccc21. The molecule has 0 radical (unpaired) electrons. The molecule has 0 saturated heterocycles. The Morgan fingerprint density at radius 3 is 1.43 bits per heavy atom. The second kappa shape index (κ2) is 15.6. The van der Waals surface area contributed by atoms with Crippen LogP contribution in [0.5, 0.6) is 0 Å². The summed E-state index contributed by atoms with van der Waals surface area (Å²) in [6.07, 6.45) is 0. The van der Waals surface area contributed by atoms with Crippen molar-refractivity contribution in [3.05, 3.63) is 254 Å². The minimum absolute atomic E-state index is 0.0371. The molecule has 0 unspecified atom stereocenters. The van der Waals surface area contributed by atoms with Crippen LogP contribution in [-0.2, 0) is 5.41 Å². The molecular formula is C63H46N2. The molecule has 0 spiro atoms. The number of aromatic nitrogens is 1.